The predicted molar refractivity (Wildman–Crippen MR) is 62.3 cm³/mol. The van der Waals surface area contributed by atoms with Gasteiger partial charge in [0.1, 0.15) is 18.2 Å². The van der Waals surface area contributed by atoms with Gasteiger partial charge in [-0.1, -0.05) is 17.7 Å². The Kier molecular flexibility index (Phi) is 3.65. The molecule has 0 atom stereocenters. The molecule has 0 radical (unpaired) electrons. The van der Waals surface area contributed by atoms with Crippen molar-refractivity contribution in [2.45, 2.75) is 6.18 Å². The van der Waals surface area contributed by atoms with E-state index < -0.39 is 16.8 Å². The van der Waals surface area contributed by atoms with Crippen LogP contribution in [-0.2, 0) is 6.18 Å². The van der Waals surface area contributed by atoms with E-state index in [4.69, 9.17) is 16.3 Å². The molecule has 1 N–H and O–H groups in total. The lowest BCUT2D eigenvalue weighted by Gasteiger charge is -2.13. The normalized spacial score (nSPS) is 15.2. The van der Waals surface area contributed by atoms with Crippen molar-refractivity contribution in [1.82, 2.24) is 5.32 Å². The zero-order valence-electron chi connectivity index (χ0n) is 9.22. The minimum absolute atomic E-state index is 0.00268. The van der Waals surface area contributed by atoms with Gasteiger partial charge in [0.2, 0.25) is 0 Å². The monoisotopic (exact) mass is 278 g/mol. The minimum Gasteiger partial charge on any atom is -0.484 e. The van der Waals surface area contributed by atoms with E-state index in [1.54, 1.807) is 0 Å². The summed E-state index contributed by atoms with van der Waals surface area (Å²) in [6.45, 7) is 1.45. The standard InChI is InChI=1S/C11H10ClF3N2O/c12-10-7(11(13,14)15)2-1-3-8(10)18-6-9-16-4-5-17-9/h1-3H,4-6H2,(H,16,17). The van der Waals surface area contributed by atoms with Crippen LogP contribution in [0.2, 0.25) is 5.02 Å². The summed E-state index contributed by atoms with van der Waals surface area (Å²) in [6.07, 6.45) is -4.49. The first kappa shape index (κ1) is 13.0. The highest BCUT2D eigenvalue weighted by molar-refractivity contribution is 6.32. The van der Waals surface area contributed by atoms with Crippen molar-refractivity contribution >= 4 is 17.4 Å². The topological polar surface area (TPSA) is 33.6 Å². The second kappa shape index (κ2) is 5.06. The van der Waals surface area contributed by atoms with E-state index in [0.717, 1.165) is 12.6 Å². The molecule has 0 aliphatic carbocycles. The summed E-state index contributed by atoms with van der Waals surface area (Å²) in [5, 5.41) is 2.52. The fraction of sp³-hybridized carbons (Fsp3) is 0.364. The molecule has 1 heterocycles. The van der Waals surface area contributed by atoms with Gasteiger partial charge in [-0.2, -0.15) is 13.2 Å². The molecule has 0 saturated heterocycles. The molecule has 0 saturated carbocycles. The molecule has 2 rings (SSSR count). The molecule has 0 bridgehead atoms. The lowest BCUT2D eigenvalue weighted by Crippen LogP contribution is -2.25. The lowest BCUT2D eigenvalue weighted by molar-refractivity contribution is -0.137. The molecular formula is C11H10ClF3N2O. The fourth-order valence-electron chi connectivity index (χ4n) is 1.53. The van der Waals surface area contributed by atoms with Crippen LogP contribution in [0.1, 0.15) is 5.56 Å². The first-order valence-corrected chi connectivity index (χ1v) is 5.62. The molecule has 98 valence electrons. The average Bonchev–Trinajstić information content (AvgIpc) is 2.79. The number of hydrogen-bond acceptors (Lipinski definition) is 3. The largest absolute Gasteiger partial charge is 0.484 e. The summed E-state index contributed by atoms with van der Waals surface area (Å²) < 4.78 is 43.0. The summed E-state index contributed by atoms with van der Waals surface area (Å²) in [4.78, 5) is 4.07. The van der Waals surface area contributed by atoms with Crippen molar-refractivity contribution in [3.63, 3.8) is 0 Å². The van der Waals surface area contributed by atoms with Crippen LogP contribution in [0.4, 0.5) is 13.2 Å². The van der Waals surface area contributed by atoms with E-state index in [-0.39, 0.29) is 12.4 Å². The van der Waals surface area contributed by atoms with Crippen molar-refractivity contribution in [3.05, 3.63) is 28.8 Å². The van der Waals surface area contributed by atoms with Crippen molar-refractivity contribution in [1.29, 1.82) is 0 Å². The number of amidine groups is 1. The van der Waals surface area contributed by atoms with Gasteiger partial charge >= 0.3 is 6.18 Å². The number of alkyl halides is 3. The number of nitrogens with one attached hydrogen (secondary N) is 1. The van der Waals surface area contributed by atoms with Gasteiger partial charge in [-0.3, -0.25) is 4.99 Å². The molecule has 1 aliphatic heterocycles. The van der Waals surface area contributed by atoms with E-state index in [1.165, 1.54) is 12.1 Å². The second-order valence-corrected chi connectivity index (χ2v) is 4.04. The molecule has 1 aromatic rings. The van der Waals surface area contributed by atoms with E-state index in [2.05, 4.69) is 10.3 Å². The van der Waals surface area contributed by atoms with Gasteiger partial charge in [0, 0.05) is 6.54 Å². The SMILES string of the molecule is FC(F)(F)c1cccc(OCC2=NCCN2)c1Cl. The van der Waals surface area contributed by atoms with Gasteiger partial charge in [-0.15, -0.1) is 0 Å². The number of halogens is 4. The van der Waals surface area contributed by atoms with E-state index >= 15 is 0 Å². The zero-order valence-corrected chi connectivity index (χ0v) is 9.98. The van der Waals surface area contributed by atoms with Gasteiger partial charge in [-0.25, -0.2) is 0 Å². The maximum absolute atomic E-state index is 12.6. The Labute approximate surface area is 107 Å². The molecular weight excluding hydrogens is 269 g/mol. The van der Waals surface area contributed by atoms with Crippen molar-refractivity contribution in [2.24, 2.45) is 4.99 Å². The molecule has 0 spiro atoms. The number of nitrogens with zero attached hydrogens (tertiary/aromatic N) is 1. The fourth-order valence-corrected chi connectivity index (χ4v) is 1.82. The Morgan fingerprint density at radius 1 is 1.39 bits per heavy atom. The van der Waals surface area contributed by atoms with E-state index in [1.807, 2.05) is 0 Å². The summed E-state index contributed by atoms with van der Waals surface area (Å²) in [7, 11) is 0. The van der Waals surface area contributed by atoms with Crippen LogP contribution in [0.25, 0.3) is 0 Å². The molecule has 1 aromatic carbocycles. The Hall–Kier alpha value is -1.43. The third kappa shape index (κ3) is 2.87. The summed E-state index contributed by atoms with van der Waals surface area (Å²) in [5.41, 5.74) is -0.900. The van der Waals surface area contributed by atoms with E-state index in [9.17, 15) is 13.2 Å². The number of rotatable bonds is 3. The van der Waals surface area contributed by atoms with Crippen molar-refractivity contribution in [3.8, 4) is 5.75 Å². The first-order chi connectivity index (χ1) is 8.48. The second-order valence-electron chi connectivity index (χ2n) is 3.66. The Morgan fingerprint density at radius 3 is 2.78 bits per heavy atom. The van der Waals surface area contributed by atoms with Crippen LogP contribution >= 0.6 is 11.6 Å². The molecule has 18 heavy (non-hydrogen) atoms. The first-order valence-electron chi connectivity index (χ1n) is 5.24. The smallest absolute Gasteiger partial charge is 0.417 e. The number of benzene rings is 1. The Balaban J connectivity index is 2.13. The Morgan fingerprint density at radius 2 is 2.17 bits per heavy atom. The molecule has 0 fully saturated rings. The van der Waals surface area contributed by atoms with Crippen LogP contribution in [0.3, 0.4) is 0 Å². The summed E-state index contributed by atoms with van der Waals surface area (Å²) in [6, 6.07) is 3.57. The molecule has 1 aliphatic rings. The van der Waals surface area contributed by atoms with Gasteiger partial charge in [0.15, 0.2) is 0 Å². The maximum Gasteiger partial charge on any atom is 0.417 e. The summed E-state index contributed by atoms with van der Waals surface area (Å²) in [5.74, 6) is 0.617. The van der Waals surface area contributed by atoms with Crippen molar-refractivity contribution < 1.29 is 17.9 Å². The molecule has 7 heteroatoms. The number of ether oxygens (including phenoxy) is 1. The van der Waals surface area contributed by atoms with Crippen LogP contribution < -0.4 is 10.1 Å². The van der Waals surface area contributed by atoms with Gasteiger partial charge in [0.25, 0.3) is 0 Å². The third-order valence-electron chi connectivity index (χ3n) is 2.38. The van der Waals surface area contributed by atoms with Crippen LogP contribution in [0.15, 0.2) is 23.2 Å². The maximum atomic E-state index is 12.6. The van der Waals surface area contributed by atoms with E-state index in [0.29, 0.717) is 12.4 Å². The highest BCUT2D eigenvalue weighted by Gasteiger charge is 2.34. The van der Waals surface area contributed by atoms with Gasteiger partial charge in [-0.05, 0) is 12.1 Å². The Bertz CT molecular complexity index is 474. The van der Waals surface area contributed by atoms with Gasteiger partial charge < -0.3 is 10.1 Å². The number of hydrogen-bond donors (Lipinski definition) is 1. The van der Waals surface area contributed by atoms with Crippen LogP contribution in [-0.4, -0.2) is 25.5 Å². The van der Waals surface area contributed by atoms with Crippen molar-refractivity contribution in [2.75, 3.05) is 19.7 Å². The van der Waals surface area contributed by atoms with Gasteiger partial charge in [0.05, 0.1) is 17.1 Å². The molecule has 3 nitrogen and oxygen atoms in total. The lowest BCUT2D eigenvalue weighted by atomic mass is 10.2. The molecule has 0 amide bonds. The average molecular weight is 279 g/mol. The highest BCUT2D eigenvalue weighted by atomic mass is 35.5. The zero-order chi connectivity index (χ0) is 13.2. The molecule has 0 aromatic heterocycles. The van der Waals surface area contributed by atoms with Crippen LogP contribution in [0, 0.1) is 0 Å². The highest BCUT2D eigenvalue weighted by Crippen LogP contribution is 2.39. The third-order valence-corrected chi connectivity index (χ3v) is 2.77. The quantitative estimate of drug-likeness (QED) is 0.922. The molecule has 0 unspecified atom stereocenters. The van der Waals surface area contributed by atoms with Crippen LogP contribution in [0.5, 0.6) is 5.75 Å². The predicted octanol–water partition coefficient (Wildman–Crippen LogP) is 2.74. The number of aliphatic imine (C=N–C) groups is 1. The summed E-state index contributed by atoms with van der Waals surface area (Å²) >= 11 is 5.67. The minimum atomic E-state index is -4.49.